The molecule has 2 rings (SSSR count). The number of carbonyl (C=O) groups excluding carboxylic acids is 2. The van der Waals surface area contributed by atoms with E-state index in [0.717, 1.165) is 30.3 Å². The summed E-state index contributed by atoms with van der Waals surface area (Å²) in [5, 5.41) is 2.58. The van der Waals surface area contributed by atoms with Gasteiger partial charge in [0.15, 0.2) is 0 Å². The lowest BCUT2D eigenvalue weighted by molar-refractivity contribution is -0.133. The zero-order valence-electron chi connectivity index (χ0n) is 15.4. The quantitative estimate of drug-likeness (QED) is 0.714. The number of piperazine rings is 1. The first-order valence-corrected chi connectivity index (χ1v) is 10.3. The Bertz CT molecular complexity index is 606. The molecule has 7 nitrogen and oxygen atoms in total. The number of amides is 3. The highest BCUT2D eigenvalue weighted by Gasteiger charge is 2.28. The Balaban J connectivity index is 1.98. The largest absolute Gasteiger partial charge is 0.492 e. The number of anilines is 1. The zero-order valence-corrected chi connectivity index (χ0v) is 16.3. The van der Waals surface area contributed by atoms with Crippen molar-refractivity contribution in [1.29, 1.82) is 0 Å². The van der Waals surface area contributed by atoms with E-state index in [0.29, 0.717) is 26.1 Å². The van der Waals surface area contributed by atoms with E-state index in [4.69, 9.17) is 10.5 Å². The number of benzene rings is 1. The number of nitrogens with one attached hydrogen (secondary N) is 1. The molecule has 0 radical (unpaired) electrons. The molecule has 8 heteroatoms. The number of hydrogen-bond acceptors (Lipinski definition) is 5. The molecular formula is C18H28N4O3S. The van der Waals surface area contributed by atoms with Crippen molar-refractivity contribution in [3.8, 4) is 5.75 Å². The second kappa shape index (κ2) is 10.2. The fraction of sp³-hybridized carbons (Fsp3) is 0.556. The van der Waals surface area contributed by atoms with E-state index >= 15 is 0 Å². The molecule has 0 aromatic heterocycles. The summed E-state index contributed by atoms with van der Waals surface area (Å²) in [6.45, 7) is 5.24. The van der Waals surface area contributed by atoms with E-state index in [1.807, 2.05) is 37.4 Å². The molecule has 1 aliphatic rings. The number of ether oxygens (including phenoxy) is 1. The van der Waals surface area contributed by atoms with E-state index in [2.05, 4.69) is 10.2 Å². The maximum Gasteiger partial charge on any atom is 0.312 e. The molecule has 0 spiro atoms. The lowest BCUT2D eigenvalue weighted by Crippen LogP contribution is -2.55. The number of nitrogens with zero attached hydrogens (tertiary/aromatic N) is 2. The molecule has 26 heavy (non-hydrogen) atoms. The van der Waals surface area contributed by atoms with Crippen LogP contribution < -0.4 is 20.7 Å². The summed E-state index contributed by atoms with van der Waals surface area (Å²) in [4.78, 5) is 28.0. The predicted molar refractivity (Wildman–Crippen MR) is 106 cm³/mol. The van der Waals surface area contributed by atoms with Crippen LogP contribution in [0.5, 0.6) is 5.75 Å². The molecule has 144 valence electrons. The van der Waals surface area contributed by atoms with Crippen molar-refractivity contribution < 1.29 is 14.3 Å². The van der Waals surface area contributed by atoms with Crippen LogP contribution in [-0.4, -0.2) is 67.7 Å². The minimum Gasteiger partial charge on any atom is -0.492 e. The molecule has 3 amide bonds. The number of nitrogens with two attached hydrogens (primary N) is 1. The van der Waals surface area contributed by atoms with E-state index in [9.17, 15) is 9.59 Å². The van der Waals surface area contributed by atoms with Gasteiger partial charge >= 0.3 is 6.03 Å². The van der Waals surface area contributed by atoms with Crippen molar-refractivity contribution in [2.24, 2.45) is 5.73 Å². The van der Waals surface area contributed by atoms with Crippen LogP contribution in [0.1, 0.15) is 13.3 Å². The Kier molecular flexibility index (Phi) is 7.90. The number of thioether (sulfide) groups is 1. The summed E-state index contributed by atoms with van der Waals surface area (Å²) < 4.78 is 5.70. The number of rotatable bonds is 8. The van der Waals surface area contributed by atoms with Gasteiger partial charge in [0, 0.05) is 26.2 Å². The van der Waals surface area contributed by atoms with Gasteiger partial charge in [0.1, 0.15) is 11.8 Å². The topological polar surface area (TPSA) is 87.9 Å². The summed E-state index contributed by atoms with van der Waals surface area (Å²) in [5.74, 6) is 1.59. The van der Waals surface area contributed by atoms with Crippen LogP contribution in [0, 0.1) is 0 Å². The molecule has 1 atom stereocenters. The van der Waals surface area contributed by atoms with E-state index < -0.39 is 12.1 Å². The third-order valence-electron chi connectivity index (χ3n) is 4.32. The van der Waals surface area contributed by atoms with Crippen LogP contribution >= 0.6 is 11.8 Å². The second-order valence-corrected chi connectivity index (χ2v) is 7.04. The molecule has 1 aliphatic heterocycles. The van der Waals surface area contributed by atoms with E-state index in [1.165, 1.54) is 0 Å². The van der Waals surface area contributed by atoms with Crippen molar-refractivity contribution in [3.05, 3.63) is 24.3 Å². The van der Waals surface area contributed by atoms with Gasteiger partial charge in [-0.1, -0.05) is 12.1 Å². The summed E-state index contributed by atoms with van der Waals surface area (Å²) in [6, 6.07) is 6.74. The molecule has 0 aliphatic carbocycles. The minimum absolute atomic E-state index is 0.0596. The van der Waals surface area contributed by atoms with Gasteiger partial charge in [-0.25, -0.2) is 4.79 Å². The van der Waals surface area contributed by atoms with Crippen molar-refractivity contribution in [2.45, 2.75) is 19.4 Å². The Morgan fingerprint density at radius 2 is 1.96 bits per heavy atom. The zero-order chi connectivity index (χ0) is 18.9. The van der Waals surface area contributed by atoms with Crippen LogP contribution in [0.3, 0.4) is 0 Å². The lowest BCUT2D eigenvalue weighted by Gasteiger charge is -2.38. The third kappa shape index (κ3) is 5.45. The average Bonchev–Trinajstić information content (AvgIpc) is 2.65. The smallest absolute Gasteiger partial charge is 0.312 e. The summed E-state index contributed by atoms with van der Waals surface area (Å²) in [6.07, 6.45) is 2.55. The fourth-order valence-corrected chi connectivity index (χ4v) is 3.52. The fourth-order valence-electron chi connectivity index (χ4n) is 3.05. The lowest BCUT2D eigenvalue weighted by atomic mass is 10.1. The maximum absolute atomic E-state index is 12.8. The van der Waals surface area contributed by atoms with Crippen molar-refractivity contribution >= 4 is 29.4 Å². The monoisotopic (exact) mass is 380 g/mol. The Labute approximate surface area is 159 Å². The summed E-state index contributed by atoms with van der Waals surface area (Å²) in [7, 11) is 0. The number of carbonyl (C=O) groups is 2. The van der Waals surface area contributed by atoms with Crippen molar-refractivity contribution in [2.75, 3.05) is 49.7 Å². The van der Waals surface area contributed by atoms with Crippen LogP contribution in [-0.2, 0) is 4.79 Å². The first-order valence-electron chi connectivity index (χ1n) is 8.87. The molecule has 1 aromatic rings. The Morgan fingerprint density at radius 1 is 1.27 bits per heavy atom. The molecule has 1 saturated heterocycles. The van der Waals surface area contributed by atoms with Crippen LogP contribution in [0.15, 0.2) is 24.3 Å². The average molecular weight is 381 g/mol. The molecule has 1 aromatic carbocycles. The van der Waals surface area contributed by atoms with Gasteiger partial charge in [-0.15, -0.1) is 0 Å². The van der Waals surface area contributed by atoms with Crippen molar-refractivity contribution in [3.63, 3.8) is 0 Å². The normalized spacial score (nSPS) is 15.5. The molecule has 1 fully saturated rings. The molecular weight excluding hydrogens is 352 g/mol. The first kappa shape index (κ1) is 20.2. The highest BCUT2D eigenvalue weighted by Crippen LogP contribution is 2.28. The second-order valence-electron chi connectivity index (χ2n) is 6.06. The van der Waals surface area contributed by atoms with Gasteiger partial charge in [0.05, 0.1) is 12.3 Å². The van der Waals surface area contributed by atoms with Crippen LogP contribution in [0.2, 0.25) is 0 Å². The molecule has 0 saturated carbocycles. The third-order valence-corrected chi connectivity index (χ3v) is 4.97. The van der Waals surface area contributed by atoms with E-state index in [-0.39, 0.29) is 5.91 Å². The molecule has 0 bridgehead atoms. The SMILES string of the molecule is CCOc1ccccc1N1CCN(C(=O)[C@@H](CCSC)NC(N)=O)CC1. The highest BCUT2D eigenvalue weighted by molar-refractivity contribution is 7.98. The number of urea groups is 1. The van der Waals surface area contributed by atoms with Gasteiger partial charge in [0.25, 0.3) is 0 Å². The first-order chi connectivity index (χ1) is 12.6. The van der Waals surface area contributed by atoms with Crippen molar-refractivity contribution in [1.82, 2.24) is 10.2 Å². The van der Waals surface area contributed by atoms with Gasteiger partial charge in [-0.2, -0.15) is 11.8 Å². The Hall–Kier alpha value is -2.09. The van der Waals surface area contributed by atoms with Gasteiger partial charge in [-0.3, -0.25) is 4.79 Å². The van der Waals surface area contributed by atoms with Gasteiger partial charge in [0.2, 0.25) is 5.91 Å². The van der Waals surface area contributed by atoms with E-state index in [1.54, 1.807) is 16.7 Å². The molecule has 1 heterocycles. The summed E-state index contributed by atoms with van der Waals surface area (Å²) >= 11 is 1.64. The molecule has 0 unspecified atom stereocenters. The number of para-hydroxylation sites is 2. The predicted octanol–water partition coefficient (Wildman–Crippen LogP) is 1.52. The standard InChI is InChI=1S/C18H28N4O3S/c1-3-25-16-7-5-4-6-15(16)21-9-11-22(12-10-21)17(23)14(8-13-26-2)20-18(19)24/h4-7,14H,3,8-13H2,1-2H3,(H3,19,20,24)/t14-/m1/s1. The maximum atomic E-state index is 12.8. The minimum atomic E-state index is -0.659. The van der Waals surface area contributed by atoms with Crippen LogP contribution in [0.25, 0.3) is 0 Å². The highest BCUT2D eigenvalue weighted by atomic mass is 32.2. The molecule has 3 N–H and O–H groups in total. The van der Waals surface area contributed by atoms with Gasteiger partial charge < -0.3 is 25.6 Å². The number of primary amides is 1. The number of hydrogen-bond donors (Lipinski definition) is 2. The Morgan fingerprint density at radius 3 is 2.58 bits per heavy atom. The van der Waals surface area contributed by atoms with Crippen LogP contribution in [0.4, 0.5) is 10.5 Å². The summed E-state index contributed by atoms with van der Waals surface area (Å²) in [5.41, 5.74) is 6.28. The van der Waals surface area contributed by atoms with Gasteiger partial charge in [-0.05, 0) is 37.5 Å².